The lowest BCUT2D eigenvalue weighted by atomic mass is 10.3. The van der Waals surface area contributed by atoms with E-state index >= 15 is 0 Å². The second-order valence-electron chi connectivity index (χ2n) is 2.17. The summed E-state index contributed by atoms with van der Waals surface area (Å²) < 4.78 is 24.6. The van der Waals surface area contributed by atoms with E-state index in [0.717, 1.165) is 0 Å². The minimum atomic E-state index is -1.32. The lowest BCUT2D eigenvalue weighted by molar-refractivity contribution is 0.217. The van der Waals surface area contributed by atoms with Crippen LogP contribution < -0.4 is 0 Å². The van der Waals surface area contributed by atoms with Gasteiger partial charge in [0.05, 0.1) is 13.1 Å². The van der Waals surface area contributed by atoms with Crippen LogP contribution in [0.4, 0.5) is 8.78 Å². The standard InChI is InChI=1S/C6H9F2N/c1-2-9-3-5(7)6(8)4-9/h2,5-6H,1,3-4H2/t5-,6+. The number of rotatable bonds is 1. The summed E-state index contributed by atoms with van der Waals surface area (Å²) in [6.07, 6.45) is -1.17. The number of hydrogen-bond acceptors (Lipinski definition) is 1. The highest BCUT2D eigenvalue weighted by Gasteiger charge is 2.30. The molecule has 9 heavy (non-hydrogen) atoms. The van der Waals surface area contributed by atoms with Crippen LogP contribution in [0.2, 0.25) is 0 Å². The third-order valence-corrected chi connectivity index (χ3v) is 1.47. The number of likely N-dealkylation sites (tertiary alicyclic amines) is 1. The van der Waals surface area contributed by atoms with Crippen LogP contribution in [0.5, 0.6) is 0 Å². The summed E-state index contributed by atoms with van der Waals surface area (Å²) in [6.45, 7) is 3.72. The van der Waals surface area contributed by atoms with Gasteiger partial charge in [0.2, 0.25) is 0 Å². The first-order chi connectivity index (χ1) is 4.24. The Morgan fingerprint density at radius 3 is 2.00 bits per heavy atom. The fraction of sp³-hybridized carbons (Fsp3) is 0.667. The van der Waals surface area contributed by atoms with Crippen LogP contribution in [0.1, 0.15) is 0 Å². The molecule has 2 atom stereocenters. The first kappa shape index (κ1) is 6.52. The number of nitrogens with zero attached hydrogens (tertiary/aromatic N) is 1. The van der Waals surface area contributed by atoms with Crippen LogP contribution in [0.3, 0.4) is 0 Å². The zero-order valence-corrected chi connectivity index (χ0v) is 5.06. The van der Waals surface area contributed by atoms with Gasteiger partial charge in [0.25, 0.3) is 0 Å². The number of alkyl halides is 2. The van der Waals surface area contributed by atoms with Gasteiger partial charge in [-0.1, -0.05) is 6.58 Å². The predicted octanol–water partition coefficient (Wildman–Crippen LogP) is 1.12. The van der Waals surface area contributed by atoms with Crippen molar-refractivity contribution in [1.29, 1.82) is 0 Å². The van der Waals surface area contributed by atoms with E-state index in [1.165, 1.54) is 11.1 Å². The van der Waals surface area contributed by atoms with Gasteiger partial charge in [-0.3, -0.25) is 0 Å². The average Bonchev–Trinajstić information content (AvgIpc) is 2.13. The van der Waals surface area contributed by atoms with Crippen LogP contribution in [-0.4, -0.2) is 30.3 Å². The van der Waals surface area contributed by atoms with Crippen molar-refractivity contribution in [3.63, 3.8) is 0 Å². The van der Waals surface area contributed by atoms with Crippen molar-refractivity contribution in [1.82, 2.24) is 4.90 Å². The van der Waals surface area contributed by atoms with Gasteiger partial charge < -0.3 is 4.90 Å². The molecule has 0 saturated carbocycles. The van der Waals surface area contributed by atoms with Crippen LogP contribution in [0, 0.1) is 0 Å². The Bertz CT molecular complexity index is 106. The van der Waals surface area contributed by atoms with Gasteiger partial charge in [0, 0.05) is 0 Å². The molecule has 0 spiro atoms. The van der Waals surface area contributed by atoms with Gasteiger partial charge in [-0.2, -0.15) is 0 Å². The van der Waals surface area contributed by atoms with E-state index in [9.17, 15) is 8.78 Å². The molecule has 1 fully saturated rings. The molecule has 1 rings (SSSR count). The Morgan fingerprint density at radius 2 is 1.78 bits per heavy atom. The molecule has 0 unspecified atom stereocenters. The second-order valence-corrected chi connectivity index (χ2v) is 2.17. The van der Waals surface area contributed by atoms with E-state index in [1.54, 1.807) is 0 Å². The largest absolute Gasteiger partial charge is 0.372 e. The molecule has 1 nitrogen and oxygen atoms in total. The molecule has 3 heteroatoms. The molecule has 0 aromatic heterocycles. The van der Waals surface area contributed by atoms with E-state index in [0.29, 0.717) is 0 Å². The molecule has 1 heterocycles. The maximum Gasteiger partial charge on any atom is 0.150 e. The Kier molecular flexibility index (Phi) is 1.69. The molecular weight excluding hydrogens is 124 g/mol. The topological polar surface area (TPSA) is 3.24 Å². The maximum atomic E-state index is 12.3. The molecule has 1 saturated heterocycles. The molecule has 0 bridgehead atoms. The van der Waals surface area contributed by atoms with Gasteiger partial charge in [-0.15, -0.1) is 0 Å². The molecule has 0 aromatic carbocycles. The Labute approximate surface area is 53.0 Å². The van der Waals surface area contributed by atoms with Crippen LogP contribution >= 0.6 is 0 Å². The summed E-state index contributed by atoms with van der Waals surface area (Å²) in [4.78, 5) is 1.54. The second kappa shape index (κ2) is 2.33. The fourth-order valence-corrected chi connectivity index (χ4v) is 0.900. The molecule has 0 aliphatic carbocycles. The summed E-state index contributed by atoms with van der Waals surface area (Å²) in [5, 5.41) is 0. The first-order valence-electron chi connectivity index (χ1n) is 2.89. The first-order valence-corrected chi connectivity index (χ1v) is 2.89. The van der Waals surface area contributed by atoms with E-state index in [1.807, 2.05) is 0 Å². The Morgan fingerprint density at radius 1 is 1.33 bits per heavy atom. The average molecular weight is 133 g/mol. The summed E-state index contributed by atoms with van der Waals surface area (Å²) in [5.41, 5.74) is 0. The quantitative estimate of drug-likeness (QED) is 0.518. The smallest absolute Gasteiger partial charge is 0.150 e. The van der Waals surface area contributed by atoms with Crippen LogP contribution in [-0.2, 0) is 0 Å². The monoisotopic (exact) mass is 133 g/mol. The molecule has 0 amide bonds. The minimum absolute atomic E-state index is 0.157. The zero-order chi connectivity index (χ0) is 6.85. The van der Waals surface area contributed by atoms with E-state index in [-0.39, 0.29) is 13.1 Å². The number of halogens is 2. The maximum absolute atomic E-state index is 12.3. The normalized spacial score (nSPS) is 35.1. The number of hydrogen-bond donors (Lipinski definition) is 0. The molecule has 1 aliphatic heterocycles. The Hall–Kier alpha value is -0.600. The summed E-state index contributed by atoms with van der Waals surface area (Å²) in [6, 6.07) is 0. The summed E-state index contributed by atoms with van der Waals surface area (Å²) in [7, 11) is 0. The van der Waals surface area contributed by atoms with Gasteiger partial charge >= 0.3 is 0 Å². The molecule has 52 valence electrons. The van der Waals surface area contributed by atoms with Gasteiger partial charge in [-0.05, 0) is 6.20 Å². The highest BCUT2D eigenvalue weighted by atomic mass is 19.2. The molecule has 0 radical (unpaired) electrons. The van der Waals surface area contributed by atoms with Crippen molar-refractivity contribution >= 4 is 0 Å². The zero-order valence-electron chi connectivity index (χ0n) is 5.06. The summed E-state index contributed by atoms with van der Waals surface area (Å²) in [5.74, 6) is 0. The lowest BCUT2D eigenvalue weighted by Gasteiger charge is -2.07. The van der Waals surface area contributed by atoms with E-state index < -0.39 is 12.3 Å². The van der Waals surface area contributed by atoms with Gasteiger partial charge in [0.1, 0.15) is 0 Å². The SMILES string of the molecule is C=CN1C[C@@H](F)[C@@H](F)C1. The van der Waals surface area contributed by atoms with Crippen molar-refractivity contribution in [2.24, 2.45) is 0 Å². The summed E-state index contributed by atoms with van der Waals surface area (Å²) >= 11 is 0. The van der Waals surface area contributed by atoms with E-state index in [4.69, 9.17) is 0 Å². The third kappa shape index (κ3) is 1.20. The van der Waals surface area contributed by atoms with Crippen LogP contribution in [0.25, 0.3) is 0 Å². The van der Waals surface area contributed by atoms with Gasteiger partial charge in [0.15, 0.2) is 12.3 Å². The lowest BCUT2D eigenvalue weighted by Crippen LogP contribution is -2.12. The van der Waals surface area contributed by atoms with Crippen molar-refractivity contribution < 1.29 is 8.78 Å². The highest BCUT2D eigenvalue weighted by molar-refractivity contribution is 4.88. The third-order valence-electron chi connectivity index (χ3n) is 1.47. The minimum Gasteiger partial charge on any atom is -0.372 e. The highest BCUT2D eigenvalue weighted by Crippen LogP contribution is 2.15. The van der Waals surface area contributed by atoms with E-state index in [2.05, 4.69) is 6.58 Å². The van der Waals surface area contributed by atoms with Crippen molar-refractivity contribution in [3.8, 4) is 0 Å². The predicted molar refractivity (Wildman–Crippen MR) is 31.6 cm³/mol. The fourth-order valence-electron chi connectivity index (χ4n) is 0.900. The Balaban J connectivity index is 2.43. The van der Waals surface area contributed by atoms with Crippen molar-refractivity contribution in [3.05, 3.63) is 12.8 Å². The molecule has 1 aliphatic rings. The molecular formula is C6H9F2N. The van der Waals surface area contributed by atoms with Crippen LogP contribution in [0.15, 0.2) is 12.8 Å². The van der Waals surface area contributed by atoms with Crippen molar-refractivity contribution in [2.75, 3.05) is 13.1 Å². The van der Waals surface area contributed by atoms with Gasteiger partial charge in [-0.25, -0.2) is 8.78 Å². The molecule has 0 aromatic rings. The molecule has 0 N–H and O–H groups in total. The van der Waals surface area contributed by atoms with Crippen molar-refractivity contribution in [2.45, 2.75) is 12.3 Å².